The topological polar surface area (TPSA) is 59.3 Å². The molecular weight excluding hydrogens is 238 g/mol. The van der Waals surface area contributed by atoms with Crippen LogP contribution < -0.4 is 4.74 Å². The van der Waals surface area contributed by atoms with Crippen LogP contribution in [-0.2, 0) is 9.53 Å². The molecule has 0 spiro atoms. The molecule has 5 heteroatoms. The quantitative estimate of drug-likeness (QED) is 0.593. The van der Waals surface area contributed by atoms with Crippen molar-refractivity contribution in [3.05, 3.63) is 23.8 Å². The molecule has 4 nitrogen and oxygen atoms in total. The number of nitrogens with zero attached hydrogens (tertiary/aromatic N) is 1. The van der Waals surface area contributed by atoms with E-state index >= 15 is 0 Å². The number of thioether (sulfide) groups is 1. The number of hydrogen-bond donors (Lipinski definition) is 0. The summed E-state index contributed by atoms with van der Waals surface area (Å²) in [6.07, 6.45) is 0.323. The van der Waals surface area contributed by atoms with Crippen LogP contribution in [0.15, 0.2) is 23.1 Å². The Morgan fingerprint density at radius 1 is 1.47 bits per heavy atom. The first-order valence-electron chi connectivity index (χ1n) is 4.99. The Bertz CT molecular complexity index is 440. The SMILES string of the molecule is COC(=O)CCSc1cccc(OC)c1C#N. The minimum absolute atomic E-state index is 0.251. The zero-order valence-electron chi connectivity index (χ0n) is 9.73. The second-order valence-corrected chi connectivity index (χ2v) is 4.26. The van der Waals surface area contributed by atoms with Gasteiger partial charge in [0.05, 0.1) is 20.6 Å². The van der Waals surface area contributed by atoms with Crippen LogP contribution in [0.25, 0.3) is 0 Å². The zero-order chi connectivity index (χ0) is 12.7. The molecule has 0 atom stereocenters. The van der Waals surface area contributed by atoms with E-state index in [4.69, 9.17) is 10.00 Å². The van der Waals surface area contributed by atoms with E-state index in [-0.39, 0.29) is 5.97 Å². The summed E-state index contributed by atoms with van der Waals surface area (Å²) in [6.45, 7) is 0. The minimum Gasteiger partial charge on any atom is -0.495 e. The standard InChI is InChI=1S/C12H13NO3S/c1-15-10-4-3-5-11(9(10)8-13)17-7-6-12(14)16-2/h3-5H,6-7H2,1-2H3. The van der Waals surface area contributed by atoms with Crippen molar-refractivity contribution in [3.8, 4) is 11.8 Å². The molecule has 0 aromatic heterocycles. The van der Waals surface area contributed by atoms with Crippen molar-refractivity contribution in [2.24, 2.45) is 0 Å². The fourth-order valence-electron chi connectivity index (χ4n) is 1.26. The third-order valence-corrected chi connectivity index (χ3v) is 3.17. The van der Waals surface area contributed by atoms with Crippen molar-refractivity contribution in [2.75, 3.05) is 20.0 Å². The van der Waals surface area contributed by atoms with Gasteiger partial charge in [-0.05, 0) is 12.1 Å². The molecule has 0 radical (unpaired) electrons. The summed E-state index contributed by atoms with van der Waals surface area (Å²) in [5.74, 6) is 0.878. The first-order chi connectivity index (χ1) is 8.22. The van der Waals surface area contributed by atoms with Gasteiger partial charge in [0.15, 0.2) is 0 Å². The highest BCUT2D eigenvalue weighted by atomic mass is 32.2. The van der Waals surface area contributed by atoms with Gasteiger partial charge in [-0.2, -0.15) is 5.26 Å². The van der Waals surface area contributed by atoms with Crippen LogP contribution >= 0.6 is 11.8 Å². The number of rotatable bonds is 5. The zero-order valence-corrected chi connectivity index (χ0v) is 10.5. The molecule has 0 saturated heterocycles. The predicted octanol–water partition coefficient (Wildman–Crippen LogP) is 2.22. The molecule has 0 aliphatic carbocycles. The molecule has 0 N–H and O–H groups in total. The molecule has 0 unspecified atom stereocenters. The average molecular weight is 251 g/mol. The molecule has 0 aliphatic heterocycles. The minimum atomic E-state index is -0.251. The van der Waals surface area contributed by atoms with Crippen molar-refractivity contribution in [1.29, 1.82) is 5.26 Å². The van der Waals surface area contributed by atoms with Crippen molar-refractivity contribution in [3.63, 3.8) is 0 Å². The van der Waals surface area contributed by atoms with Gasteiger partial charge in [0.2, 0.25) is 0 Å². The lowest BCUT2D eigenvalue weighted by Gasteiger charge is -2.07. The van der Waals surface area contributed by atoms with Gasteiger partial charge in [-0.25, -0.2) is 0 Å². The van der Waals surface area contributed by atoms with Crippen LogP contribution in [0.3, 0.4) is 0 Å². The van der Waals surface area contributed by atoms with Crippen LogP contribution in [0.4, 0.5) is 0 Å². The van der Waals surface area contributed by atoms with E-state index in [1.165, 1.54) is 26.0 Å². The highest BCUT2D eigenvalue weighted by Gasteiger charge is 2.09. The van der Waals surface area contributed by atoms with E-state index in [1.807, 2.05) is 12.1 Å². The van der Waals surface area contributed by atoms with Crippen LogP contribution in [-0.4, -0.2) is 25.9 Å². The maximum Gasteiger partial charge on any atom is 0.306 e. The maximum atomic E-state index is 11.0. The number of methoxy groups -OCH3 is 2. The predicted molar refractivity (Wildman–Crippen MR) is 65.1 cm³/mol. The smallest absolute Gasteiger partial charge is 0.306 e. The number of benzene rings is 1. The lowest BCUT2D eigenvalue weighted by Crippen LogP contribution is -2.01. The molecule has 0 heterocycles. The molecule has 90 valence electrons. The molecule has 1 aromatic rings. The molecule has 0 fully saturated rings. The monoisotopic (exact) mass is 251 g/mol. The van der Waals surface area contributed by atoms with Crippen LogP contribution in [0.1, 0.15) is 12.0 Å². The number of esters is 1. The first kappa shape index (κ1) is 13.4. The second-order valence-electron chi connectivity index (χ2n) is 3.12. The van der Waals surface area contributed by atoms with Crippen LogP contribution in [0.2, 0.25) is 0 Å². The molecule has 0 saturated carbocycles. The van der Waals surface area contributed by atoms with Gasteiger partial charge in [-0.15, -0.1) is 11.8 Å². The largest absolute Gasteiger partial charge is 0.495 e. The Kier molecular flexibility index (Phi) is 5.37. The Labute approximate surface area is 105 Å². The number of ether oxygens (including phenoxy) is 2. The van der Waals surface area contributed by atoms with Gasteiger partial charge < -0.3 is 9.47 Å². The molecule has 17 heavy (non-hydrogen) atoms. The Balaban J connectivity index is 2.71. The summed E-state index contributed by atoms with van der Waals surface area (Å²) in [6, 6.07) is 7.50. The summed E-state index contributed by atoms with van der Waals surface area (Å²) < 4.78 is 9.65. The highest BCUT2D eigenvalue weighted by molar-refractivity contribution is 7.99. The summed E-state index contributed by atoms with van der Waals surface area (Å²) in [7, 11) is 2.89. The normalized spacial score (nSPS) is 9.47. The molecule has 0 aliphatic rings. The van der Waals surface area contributed by atoms with E-state index in [0.29, 0.717) is 23.5 Å². The maximum absolute atomic E-state index is 11.0. The van der Waals surface area contributed by atoms with Gasteiger partial charge in [-0.1, -0.05) is 6.07 Å². The van der Waals surface area contributed by atoms with Crippen molar-refractivity contribution in [2.45, 2.75) is 11.3 Å². The lowest BCUT2D eigenvalue weighted by atomic mass is 10.2. The number of nitriles is 1. The number of hydrogen-bond acceptors (Lipinski definition) is 5. The third-order valence-electron chi connectivity index (χ3n) is 2.11. The van der Waals surface area contributed by atoms with Gasteiger partial charge >= 0.3 is 5.97 Å². The van der Waals surface area contributed by atoms with Crippen molar-refractivity contribution >= 4 is 17.7 Å². The lowest BCUT2D eigenvalue weighted by molar-refractivity contribution is -0.140. The van der Waals surface area contributed by atoms with E-state index in [2.05, 4.69) is 10.8 Å². The van der Waals surface area contributed by atoms with E-state index < -0.39 is 0 Å². The fourth-order valence-corrected chi connectivity index (χ4v) is 2.21. The van der Waals surface area contributed by atoms with Crippen LogP contribution in [0, 0.1) is 11.3 Å². The Morgan fingerprint density at radius 3 is 2.82 bits per heavy atom. The van der Waals surface area contributed by atoms with E-state index in [9.17, 15) is 4.79 Å². The van der Waals surface area contributed by atoms with Crippen molar-refractivity contribution < 1.29 is 14.3 Å². The van der Waals surface area contributed by atoms with Gasteiger partial charge in [0.25, 0.3) is 0 Å². The summed E-state index contributed by atoms with van der Waals surface area (Å²) in [4.78, 5) is 11.8. The van der Waals surface area contributed by atoms with Gasteiger partial charge in [0.1, 0.15) is 17.4 Å². The van der Waals surface area contributed by atoms with Crippen molar-refractivity contribution in [1.82, 2.24) is 0 Å². The molecule has 0 bridgehead atoms. The second kappa shape index (κ2) is 6.81. The van der Waals surface area contributed by atoms with Gasteiger partial charge in [-0.3, -0.25) is 4.79 Å². The highest BCUT2D eigenvalue weighted by Crippen LogP contribution is 2.29. The first-order valence-corrected chi connectivity index (χ1v) is 5.98. The summed E-state index contributed by atoms with van der Waals surface area (Å²) >= 11 is 1.44. The summed E-state index contributed by atoms with van der Waals surface area (Å²) in [5.41, 5.74) is 0.505. The van der Waals surface area contributed by atoms with E-state index in [1.54, 1.807) is 6.07 Å². The Morgan fingerprint density at radius 2 is 2.24 bits per heavy atom. The van der Waals surface area contributed by atoms with Crippen LogP contribution in [0.5, 0.6) is 5.75 Å². The molecular formula is C12H13NO3S. The third kappa shape index (κ3) is 3.68. The molecule has 1 aromatic carbocycles. The number of carbonyl (C=O) groups is 1. The van der Waals surface area contributed by atoms with E-state index in [0.717, 1.165) is 4.90 Å². The summed E-state index contributed by atoms with van der Waals surface area (Å²) in [5, 5.41) is 9.05. The Hall–Kier alpha value is -1.67. The molecule has 1 rings (SSSR count). The van der Waals surface area contributed by atoms with Gasteiger partial charge in [0, 0.05) is 10.6 Å². The average Bonchev–Trinajstić information content (AvgIpc) is 2.37. The molecule has 0 amide bonds. The fraction of sp³-hybridized carbons (Fsp3) is 0.333. The number of carbonyl (C=O) groups excluding carboxylic acids is 1.